The van der Waals surface area contributed by atoms with Crippen molar-refractivity contribution in [2.24, 2.45) is 7.05 Å². The van der Waals surface area contributed by atoms with Crippen molar-refractivity contribution in [3.8, 4) is 11.1 Å². The number of rotatable bonds is 8. The fourth-order valence-electron chi connectivity index (χ4n) is 5.92. The molecule has 3 heterocycles. The molecule has 2 aromatic heterocycles. The molecule has 1 saturated heterocycles. The Morgan fingerprint density at radius 1 is 1.06 bits per heavy atom. The molecule has 0 saturated carbocycles. The van der Waals surface area contributed by atoms with E-state index in [-0.39, 0.29) is 52.1 Å². The van der Waals surface area contributed by atoms with Crippen LogP contribution in [-0.2, 0) is 28.9 Å². The molecule has 5 rings (SSSR count). The Balaban J connectivity index is 0.00000286. The number of benzene rings is 2. The van der Waals surface area contributed by atoms with E-state index >= 15 is 4.39 Å². The van der Waals surface area contributed by atoms with Crippen molar-refractivity contribution in [3.63, 3.8) is 0 Å². The number of nitrogens with one attached hydrogen (secondary N) is 1. The Kier molecular flexibility index (Phi) is 11.5. The number of morpholine rings is 1. The summed E-state index contributed by atoms with van der Waals surface area (Å²) in [5, 5.41) is 12.3. The third-order valence-electron chi connectivity index (χ3n) is 8.49. The average Bonchev–Trinajstić information content (AvgIpc) is 3.07. The summed E-state index contributed by atoms with van der Waals surface area (Å²) in [6.07, 6.45) is -2.53. The molecule has 2 atom stereocenters. The summed E-state index contributed by atoms with van der Waals surface area (Å²) in [5.74, 6) is -7.21. The largest absolute Gasteiger partial charge is 0.480 e. The van der Waals surface area contributed by atoms with E-state index in [0.29, 0.717) is 12.6 Å². The van der Waals surface area contributed by atoms with E-state index < -0.39 is 71.6 Å². The first-order valence-corrected chi connectivity index (χ1v) is 16.0. The predicted octanol–water partition coefficient (Wildman–Crippen LogP) is 6.08. The van der Waals surface area contributed by atoms with Gasteiger partial charge in [0.1, 0.15) is 17.9 Å². The lowest BCUT2D eigenvalue weighted by atomic mass is 9.93. The van der Waals surface area contributed by atoms with Gasteiger partial charge in [0.2, 0.25) is 0 Å². The minimum atomic E-state index is -4.67. The summed E-state index contributed by atoms with van der Waals surface area (Å²) in [5.41, 5.74) is -1.62. The Morgan fingerprint density at radius 3 is 2.29 bits per heavy atom. The van der Waals surface area contributed by atoms with E-state index in [1.807, 2.05) is 13.8 Å². The smallest absolute Gasteiger partial charge is 0.411 e. The summed E-state index contributed by atoms with van der Waals surface area (Å²) in [6.45, 7) is 6.63. The predicted molar refractivity (Wildman–Crippen MR) is 178 cm³/mol. The zero-order valence-electron chi connectivity index (χ0n) is 28.7. The molecular weight excluding hydrogens is 684 g/mol. The van der Waals surface area contributed by atoms with Gasteiger partial charge in [-0.25, -0.2) is 18.0 Å². The number of aryl methyl sites for hydroxylation is 2. The van der Waals surface area contributed by atoms with Crippen LogP contribution in [0.5, 0.6) is 0 Å². The number of carboxylic acid groups (broad SMARTS) is 1. The number of nitrogens with zero attached hydrogens (tertiary/aromatic N) is 4. The van der Waals surface area contributed by atoms with Crippen molar-refractivity contribution in [2.45, 2.75) is 65.2 Å². The molecule has 0 spiro atoms. The molecule has 16 heteroatoms. The normalized spacial score (nSPS) is 15.6. The summed E-state index contributed by atoms with van der Waals surface area (Å²) >= 11 is 0. The molecule has 0 unspecified atom stereocenters. The van der Waals surface area contributed by atoms with Gasteiger partial charge in [0.25, 0.3) is 17.4 Å². The number of ether oxygens (including phenoxy) is 1. The van der Waals surface area contributed by atoms with Gasteiger partial charge >= 0.3 is 12.1 Å². The number of aromatic nitrogens is 3. The van der Waals surface area contributed by atoms with E-state index in [9.17, 15) is 41.4 Å². The number of hydrogen-bond acceptors (Lipinski definition) is 7. The highest BCUT2D eigenvalue weighted by Crippen LogP contribution is 2.37. The molecule has 274 valence electrons. The van der Waals surface area contributed by atoms with E-state index in [2.05, 4.69) is 15.3 Å². The number of anilines is 1. The van der Waals surface area contributed by atoms with E-state index in [1.54, 1.807) is 0 Å². The van der Waals surface area contributed by atoms with Crippen LogP contribution in [0.15, 0.2) is 47.5 Å². The van der Waals surface area contributed by atoms with E-state index in [1.165, 1.54) is 62.1 Å². The van der Waals surface area contributed by atoms with Gasteiger partial charge in [0.05, 0.1) is 35.4 Å². The van der Waals surface area contributed by atoms with Crippen molar-refractivity contribution >= 4 is 28.6 Å². The second-order valence-corrected chi connectivity index (χ2v) is 11.9. The number of amides is 1. The molecule has 4 aromatic rings. The van der Waals surface area contributed by atoms with Crippen LogP contribution in [0.25, 0.3) is 22.2 Å². The molecule has 1 aliphatic rings. The lowest BCUT2D eigenvalue weighted by Gasteiger charge is -2.38. The maximum Gasteiger partial charge on any atom is 0.411 e. The first kappa shape index (κ1) is 38.8. The molecule has 2 aromatic carbocycles. The highest BCUT2D eigenvalue weighted by atomic mass is 19.4. The van der Waals surface area contributed by atoms with Gasteiger partial charge in [0, 0.05) is 61.8 Å². The number of carbonyl (C=O) groups is 2. The van der Waals surface area contributed by atoms with Gasteiger partial charge in [-0.1, -0.05) is 26.0 Å². The number of pyridine rings is 1. The fourth-order valence-corrected chi connectivity index (χ4v) is 5.92. The van der Waals surface area contributed by atoms with E-state index in [4.69, 9.17) is 4.74 Å². The van der Waals surface area contributed by atoms with Gasteiger partial charge in [-0.3, -0.25) is 19.6 Å². The second kappa shape index (κ2) is 15.1. The molecule has 1 aliphatic heterocycles. The number of halogens is 6. The Bertz CT molecular complexity index is 1990. The van der Waals surface area contributed by atoms with E-state index in [0.717, 1.165) is 11.0 Å². The third kappa shape index (κ3) is 8.00. The molecule has 0 aliphatic carbocycles. The number of alkyl halides is 5. The molecular formula is C35H37F6N5O5. The van der Waals surface area contributed by atoms with Gasteiger partial charge in [-0.05, 0) is 43.2 Å². The standard InChI is InChI=1S/C33H31F6N5O5.C2H6/c1-16-11-19(44-9-10-49-15-24(44)33(37,38)39)14-22(34)25(16)29(45)42-23(31(47)48)13-18-5-6-20(28-27(18)40-7-8-41-28)26-21(32(3,35)36)12-17(2)43(4)30(26)46;1-2/h5-8,11-12,14,23-24H,9-10,13,15H2,1-4H3,(H,42,45)(H,47,48);1-2H3/t23-,24+;/m0./s1. The molecule has 51 heavy (non-hydrogen) atoms. The Morgan fingerprint density at radius 2 is 1.71 bits per heavy atom. The molecule has 2 N–H and O–H groups in total. The van der Waals surface area contributed by atoms with Crippen molar-refractivity contribution in [2.75, 3.05) is 24.7 Å². The van der Waals surface area contributed by atoms with Gasteiger partial charge < -0.3 is 24.6 Å². The van der Waals surface area contributed by atoms with Gasteiger partial charge in [-0.2, -0.15) is 13.2 Å². The van der Waals surface area contributed by atoms with Gasteiger partial charge in [-0.15, -0.1) is 0 Å². The van der Waals surface area contributed by atoms with Crippen LogP contribution < -0.4 is 15.8 Å². The van der Waals surface area contributed by atoms with Crippen molar-refractivity contribution in [3.05, 3.63) is 86.8 Å². The zero-order valence-corrected chi connectivity index (χ0v) is 28.7. The molecule has 1 fully saturated rings. The topological polar surface area (TPSA) is 127 Å². The maximum absolute atomic E-state index is 15.4. The number of aliphatic carboxylic acids is 1. The summed E-state index contributed by atoms with van der Waals surface area (Å²) in [7, 11) is 1.43. The highest BCUT2D eigenvalue weighted by Gasteiger charge is 2.45. The molecule has 10 nitrogen and oxygen atoms in total. The van der Waals surface area contributed by atoms with Crippen molar-refractivity contribution < 1.29 is 45.8 Å². The third-order valence-corrected chi connectivity index (χ3v) is 8.49. The number of carbonyl (C=O) groups excluding carboxylic acids is 1. The maximum atomic E-state index is 15.4. The lowest BCUT2D eigenvalue weighted by molar-refractivity contribution is -0.167. The van der Waals surface area contributed by atoms with Crippen LogP contribution >= 0.6 is 0 Å². The van der Waals surface area contributed by atoms with Crippen LogP contribution in [0.2, 0.25) is 0 Å². The number of carboxylic acids is 1. The minimum Gasteiger partial charge on any atom is -0.480 e. The molecule has 0 radical (unpaired) electrons. The zero-order chi connectivity index (χ0) is 38.0. The quantitative estimate of drug-likeness (QED) is 0.210. The Labute approximate surface area is 289 Å². The first-order valence-electron chi connectivity index (χ1n) is 16.0. The summed E-state index contributed by atoms with van der Waals surface area (Å²) in [4.78, 5) is 48.4. The highest BCUT2D eigenvalue weighted by molar-refractivity contribution is 5.99. The summed E-state index contributed by atoms with van der Waals surface area (Å²) in [6, 6.07) is 2.22. The van der Waals surface area contributed by atoms with Crippen LogP contribution in [0.4, 0.5) is 32.0 Å². The SMILES string of the molecule is CC.Cc1cc(N2CCOC[C@@H]2C(F)(F)F)cc(F)c1C(=O)N[C@@H](Cc1ccc(-c2c(C(C)(F)F)cc(C)n(C)c2=O)c2nccnc12)C(=O)O. The summed E-state index contributed by atoms with van der Waals surface area (Å²) < 4.78 is 91.9. The number of hydrogen-bond donors (Lipinski definition) is 2. The monoisotopic (exact) mass is 721 g/mol. The first-order chi connectivity index (χ1) is 23.9. The molecule has 1 amide bonds. The molecule has 0 bridgehead atoms. The van der Waals surface area contributed by atoms with Crippen molar-refractivity contribution in [1.29, 1.82) is 0 Å². The number of fused-ring (bicyclic) bond motifs is 1. The average molecular weight is 722 g/mol. The second-order valence-electron chi connectivity index (χ2n) is 11.9. The lowest BCUT2D eigenvalue weighted by Crippen LogP contribution is -2.53. The minimum absolute atomic E-state index is 0.0241. The Hall–Kier alpha value is -4.99. The van der Waals surface area contributed by atoms with Gasteiger partial charge in [0.15, 0.2) is 0 Å². The van der Waals surface area contributed by atoms with Crippen LogP contribution in [0, 0.1) is 19.7 Å². The van der Waals surface area contributed by atoms with Crippen LogP contribution in [0.1, 0.15) is 53.5 Å². The van der Waals surface area contributed by atoms with Crippen molar-refractivity contribution in [1.82, 2.24) is 19.9 Å². The van der Waals surface area contributed by atoms with Crippen LogP contribution in [0.3, 0.4) is 0 Å². The van der Waals surface area contributed by atoms with Crippen LogP contribution in [-0.4, -0.2) is 69.5 Å². The fraction of sp³-hybridized carbons (Fsp3) is 0.400.